The second-order valence-corrected chi connectivity index (χ2v) is 4.98. The summed E-state index contributed by atoms with van der Waals surface area (Å²) in [5.74, 6) is -0.659. The summed E-state index contributed by atoms with van der Waals surface area (Å²) in [5.41, 5.74) is 0.498. The van der Waals surface area contributed by atoms with E-state index in [9.17, 15) is 9.59 Å². The van der Waals surface area contributed by atoms with Crippen LogP contribution in [0.3, 0.4) is 0 Å². The molecule has 1 aromatic carbocycles. The van der Waals surface area contributed by atoms with Crippen LogP contribution in [-0.4, -0.2) is 38.2 Å². The first kappa shape index (κ1) is 17.8. The maximum atomic E-state index is 12.4. The van der Waals surface area contributed by atoms with Gasteiger partial charge in [0.1, 0.15) is 6.73 Å². The molecule has 1 N–H and O–H groups in total. The number of nitrogens with one attached hydrogen (secondary N) is 1. The van der Waals surface area contributed by atoms with Crippen LogP contribution in [0.15, 0.2) is 28.7 Å². The Bertz CT molecular complexity index is 463. The summed E-state index contributed by atoms with van der Waals surface area (Å²) in [7, 11) is 1.36. The number of carbonyl (C=O) groups is 2. The normalized spacial score (nSPS) is 12.0. The van der Waals surface area contributed by atoms with Crippen molar-refractivity contribution < 1.29 is 24.1 Å². The van der Waals surface area contributed by atoms with E-state index in [1.54, 1.807) is 31.2 Å². The van der Waals surface area contributed by atoms with Crippen molar-refractivity contribution in [2.75, 3.05) is 20.4 Å². The van der Waals surface area contributed by atoms with Crippen LogP contribution < -0.4 is 5.32 Å². The number of ketones is 1. The predicted molar refractivity (Wildman–Crippen MR) is 79.6 cm³/mol. The average molecular weight is 360 g/mol. The smallest absolute Gasteiger partial charge is 0.307 e. The summed E-state index contributed by atoms with van der Waals surface area (Å²) < 4.78 is 5.75. The third-order valence-corrected chi connectivity index (χ3v) is 3.16. The molecule has 0 bridgehead atoms. The highest BCUT2D eigenvalue weighted by atomic mass is 79.9. The van der Waals surface area contributed by atoms with E-state index < -0.39 is 12.0 Å². The monoisotopic (exact) mass is 359 g/mol. The van der Waals surface area contributed by atoms with Gasteiger partial charge < -0.3 is 4.74 Å². The summed E-state index contributed by atoms with van der Waals surface area (Å²) in [5, 5.41) is 2.81. The maximum absolute atomic E-state index is 12.4. The molecule has 0 saturated heterocycles. The Morgan fingerprint density at radius 3 is 2.52 bits per heavy atom. The van der Waals surface area contributed by atoms with Crippen LogP contribution in [0.4, 0.5) is 0 Å². The number of ether oxygens (including phenoxy) is 1. The lowest BCUT2D eigenvalue weighted by molar-refractivity contribution is -0.277. The number of hydrogen-bond donors (Lipinski definition) is 1. The van der Waals surface area contributed by atoms with Gasteiger partial charge >= 0.3 is 5.97 Å². The minimum Gasteiger partial charge on any atom is -0.466 e. The Labute approximate surface area is 131 Å². The maximum Gasteiger partial charge on any atom is 0.307 e. The molecule has 0 aliphatic heterocycles. The minimum atomic E-state index is -0.736. The van der Waals surface area contributed by atoms with Crippen molar-refractivity contribution in [3.8, 4) is 0 Å². The minimum absolute atomic E-state index is 0.0111. The van der Waals surface area contributed by atoms with E-state index in [-0.39, 0.29) is 25.5 Å². The van der Waals surface area contributed by atoms with E-state index in [4.69, 9.17) is 4.74 Å². The Morgan fingerprint density at radius 1 is 1.29 bits per heavy atom. The van der Waals surface area contributed by atoms with Gasteiger partial charge in [-0.15, -0.1) is 0 Å². The molecule has 0 spiro atoms. The third kappa shape index (κ3) is 6.34. The lowest BCUT2D eigenvalue weighted by Crippen LogP contribution is -2.40. The topological polar surface area (TPSA) is 73.9 Å². The van der Waals surface area contributed by atoms with E-state index in [2.05, 4.69) is 31.0 Å². The highest BCUT2D eigenvalue weighted by Crippen LogP contribution is 2.13. The third-order valence-electron chi connectivity index (χ3n) is 2.63. The fourth-order valence-corrected chi connectivity index (χ4v) is 1.92. The van der Waals surface area contributed by atoms with Crippen molar-refractivity contribution in [1.29, 1.82) is 0 Å². The Kier molecular flexibility index (Phi) is 8.14. The van der Waals surface area contributed by atoms with Crippen molar-refractivity contribution >= 4 is 27.7 Å². The van der Waals surface area contributed by atoms with E-state index in [0.29, 0.717) is 5.56 Å². The number of hydrogen-bond acceptors (Lipinski definition) is 6. The lowest BCUT2D eigenvalue weighted by atomic mass is 10.0. The zero-order chi connectivity index (χ0) is 15.7. The zero-order valence-corrected chi connectivity index (χ0v) is 13.5. The molecule has 0 fully saturated rings. The Morgan fingerprint density at radius 2 is 1.95 bits per heavy atom. The summed E-state index contributed by atoms with van der Waals surface area (Å²) in [6.07, 6.45) is -0.0736. The van der Waals surface area contributed by atoms with Gasteiger partial charge in [-0.1, -0.05) is 28.1 Å². The molecule has 1 unspecified atom stereocenters. The van der Waals surface area contributed by atoms with E-state index in [1.165, 1.54) is 7.11 Å². The van der Waals surface area contributed by atoms with Crippen LogP contribution in [0.1, 0.15) is 23.7 Å². The second kappa shape index (κ2) is 9.62. The van der Waals surface area contributed by atoms with Crippen LogP contribution in [0.5, 0.6) is 0 Å². The van der Waals surface area contributed by atoms with E-state index >= 15 is 0 Å². The van der Waals surface area contributed by atoms with Gasteiger partial charge in [0.05, 0.1) is 26.2 Å². The largest absolute Gasteiger partial charge is 0.466 e. The summed E-state index contributed by atoms with van der Waals surface area (Å²) in [6, 6.07) is 6.16. The van der Waals surface area contributed by atoms with E-state index in [0.717, 1.165) is 4.47 Å². The summed E-state index contributed by atoms with van der Waals surface area (Å²) in [4.78, 5) is 33.1. The van der Waals surface area contributed by atoms with Crippen molar-refractivity contribution in [3.63, 3.8) is 0 Å². The molecule has 0 aliphatic rings. The standard InChI is InChI=1S/C14H18BrNO5/c1-3-20-13(17)8-12(16-9-21-19-2)14(18)10-4-6-11(15)7-5-10/h4-7,12,16H,3,8-9H2,1-2H3. The van der Waals surface area contributed by atoms with Gasteiger partial charge in [-0.3, -0.25) is 14.9 Å². The van der Waals surface area contributed by atoms with Gasteiger partial charge in [-0.05, 0) is 19.1 Å². The molecular formula is C14H18BrNO5. The Balaban J connectivity index is 2.75. The van der Waals surface area contributed by atoms with Crippen LogP contribution in [0, 0.1) is 0 Å². The molecule has 6 nitrogen and oxygen atoms in total. The molecule has 1 atom stereocenters. The SMILES string of the molecule is CCOC(=O)CC(NCOOC)C(=O)c1ccc(Br)cc1. The van der Waals surface area contributed by atoms with Gasteiger partial charge in [0, 0.05) is 10.0 Å². The first-order chi connectivity index (χ1) is 10.1. The quantitative estimate of drug-likeness (QED) is 0.182. The number of benzene rings is 1. The van der Waals surface area contributed by atoms with Gasteiger partial charge in [0.25, 0.3) is 0 Å². The van der Waals surface area contributed by atoms with E-state index in [1.807, 2.05) is 0 Å². The van der Waals surface area contributed by atoms with Gasteiger partial charge in [-0.25, -0.2) is 9.78 Å². The summed E-state index contributed by atoms with van der Waals surface area (Å²) in [6.45, 7) is 1.97. The summed E-state index contributed by atoms with van der Waals surface area (Å²) >= 11 is 3.31. The molecular weight excluding hydrogens is 342 g/mol. The number of esters is 1. The second-order valence-electron chi connectivity index (χ2n) is 4.07. The van der Waals surface area contributed by atoms with Gasteiger partial charge in [0.2, 0.25) is 0 Å². The zero-order valence-electron chi connectivity index (χ0n) is 11.9. The highest BCUT2D eigenvalue weighted by molar-refractivity contribution is 9.10. The van der Waals surface area contributed by atoms with Crippen molar-refractivity contribution in [1.82, 2.24) is 5.32 Å². The first-order valence-corrected chi connectivity index (χ1v) is 7.22. The van der Waals surface area contributed by atoms with Crippen LogP contribution >= 0.6 is 15.9 Å². The van der Waals surface area contributed by atoms with Crippen LogP contribution in [-0.2, 0) is 19.3 Å². The van der Waals surface area contributed by atoms with Crippen LogP contribution in [0.2, 0.25) is 0 Å². The van der Waals surface area contributed by atoms with Gasteiger partial charge in [0.15, 0.2) is 5.78 Å². The number of rotatable bonds is 9. The van der Waals surface area contributed by atoms with Gasteiger partial charge in [-0.2, -0.15) is 0 Å². The van der Waals surface area contributed by atoms with Crippen molar-refractivity contribution in [2.45, 2.75) is 19.4 Å². The van der Waals surface area contributed by atoms with Crippen molar-refractivity contribution in [2.24, 2.45) is 0 Å². The number of halogens is 1. The molecule has 0 radical (unpaired) electrons. The predicted octanol–water partition coefficient (Wildman–Crippen LogP) is 2.08. The number of carbonyl (C=O) groups excluding carboxylic acids is 2. The average Bonchev–Trinajstić information content (AvgIpc) is 2.47. The number of Topliss-reactive ketones (excluding diaryl/α,β-unsaturated/α-hetero) is 1. The molecule has 1 rings (SSSR count). The molecule has 1 aromatic rings. The van der Waals surface area contributed by atoms with Crippen LogP contribution in [0.25, 0.3) is 0 Å². The molecule has 0 amide bonds. The molecule has 0 saturated carbocycles. The first-order valence-electron chi connectivity index (χ1n) is 6.42. The molecule has 21 heavy (non-hydrogen) atoms. The van der Waals surface area contributed by atoms with Crippen molar-refractivity contribution in [3.05, 3.63) is 34.3 Å². The molecule has 7 heteroatoms. The molecule has 116 valence electrons. The molecule has 0 aromatic heterocycles. The molecule has 0 heterocycles. The lowest BCUT2D eigenvalue weighted by Gasteiger charge is -2.16. The highest BCUT2D eigenvalue weighted by Gasteiger charge is 2.23. The fourth-order valence-electron chi connectivity index (χ4n) is 1.65. The fraction of sp³-hybridized carbons (Fsp3) is 0.429. The molecule has 0 aliphatic carbocycles. The Hall–Kier alpha value is -1.28.